The fourth-order valence-corrected chi connectivity index (χ4v) is 4.10. The first-order valence-electron chi connectivity index (χ1n) is 8.58. The minimum atomic E-state index is -3.72. The number of ether oxygens (including phenoxy) is 1. The average Bonchev–Trinajstić information content (AvgIpc) is 2.70. The minimum Gasteiger partial charge on any atom is -0.497 e. The van der Waals surface area contributed by atoms with Crippen molar-refractivity contribution in [2.24, 2.45) is 0 Å². The van der Waals surface area contributed by atoms with E-state index in [9.17, 15) is 13.2 Å². The molecule has 2 rings (SSSR count). The lowest BCUT2D eigenvalue weighted by atomic mass is 10.1. The number of hydroxylamine groups is 1. The first kappa shape index (κ1) is 20.9. The molecule has 0 unspecified atom stereocenters. The molecule has 27 heavy (non-hydrogen) atoms. The second-order valence-corrected chi connectivity index (χ2v) is 7.89. The summed E-state index contributed by atoms with van der Waals surface area (Å²) in [6.07, 6.45) is 0.898. The molecular weight excluding hydrogens is 368 g/mol. The standard InChI is InChI=1S/C19H24N2O5S/c1-26-17-9-11-18(12-10-17)27(24,25)21(14-5-8-19(22)20-23)15-13-16-6-3-2-4-7-16/h2-4,6-7,9-12,23H,5,8,13-15H2,1H3,(H,20,22). The highest BCUT2D eigenvalue weighted by atomic mass is 32.2. The van der Waals surface area contributed by atoms with Crippen LogP contribution in [-0.2, 0) is 21.2 Å². The third kappa shape index (κ3) is 6.06. The highest BCUT2D eigenvalue weighted by Gasteiger charge is 2.24. The van der Waals surface area contributed by atoms with Crippen molar-refractivity contribution in [3.05, 3.63) is 60.2 Å². The zero-order valence-corrected chi connectivity index (χ0v) is 16.0. The molecule has 0 saturated carbocycles. The summed E-state index contributed by atoms with van der Waals surface area (Å²) in [5.41, 5.74) is 2.59. The number of hydrogen-bond donors (Lipinski definition) is 2. The molecule has 0 atom stereocenters. The molecule has 146 valence electrons. The van der Waals surface area contributed by atoms with Gasteiger partial charge < -0.3 is 4.74 Å². The maximum atomic E-state index is 13.0. The lowest BCUT2D eigenvalue weighted by molar-refractivity contribution is -0.129. The number of nitrogens with one attached hydrogen (secondary N) is 1. The molecule has 0 radical (unpaired) electrons. The van der Waals surface area contributed by atoms with Gasteiger partial charge in [0.25, 0.3) is 0 Å². The Morgan fingerprint density at radius 1 is 1.07 bits per heavy atom. The van der Waals surface area contributed by atoms with Crippen LogP contribution in [-0.4, -0.2) is 44.0 Å². The van der Waals surface area contributed by atoms with Gasteiger partial charge in [-0.3, -0.25) is 10.0 Å². The molecule has 8 heteroatoms. The first-order valence-corrected chi connectivity index (χ1v) is 10.0. The predicted molar refractivity (Wildman–Crippen MR) is 101 cm³/mol. The average molecular weight is 392 g/mol. The Labute approximate surface area is 159 Å². The van der Waals surface area contributed by atoms with Crippen LogP contribution in [0.25, 0.3) is 0 Å². The smallest absolute Gasteiger partial charge is 0.243 e. The Morgan fingerprint density at radius 2 is 1.74 bits per heavy atom. The van der Waals surface area contributed by atoms with Crippen molar-refractivity contribution in [1.82, 2.24) is 9.79 Å². The van der Waals surface area contributed by atoms with Gasteiger partial charge in [0.05, 0.1) is 12.0 Å². The van der Waals surface area contributed by atoms with Crippen molar-refractivity contribution in [3.63, 3.8) is 0 Å². The van der Waals surface area contributed by atoms with Crippen molar-refractivity contribution in [2.75, 3.05) is 20.2 Å². The third-order valence-electron chi connectivity index (χ3n) is 4.13. The Balaban J connectivity index is 2.15. The molecule has 0 saturated heterocycles. The summed E-state index contributed by atoms with van der Waals surface area (Å²) >= 11 is 0. The van der Waals surface area contributed by atoms with Crippen LogP contribution < -0.4 is 10.2 Å². The largest absolute Gasteiger partial charge is 0.497 e. The molecule has 0 aromatic heterocycles. The van der Waals surface area contributed by atoms with Gasteiger partial charge in [0.2, 0.25) is 15.9 Å². The lowest BCUT2D eigenvalue weighted by Crippen LogP contribution is -2.34. The first-order chi connectivity index (χ1) is 13.0. The van der Waals surface area contributed by atoms with E-state index in [-0.39, 0.29) is 17.9 Å². The number of hydrogen-bond acceptors (Lipinski definition) is 5. The predicted octanol–water partition coefficient (Wildman–Crippen LogP) is 2.21. The SMILES string of the molecule is COc1ccc(S(=O)(=O)N(CCCC(=O)NO)CCc2ccccc2)cc1. The highest BCUT2D eigenvalue weighted by Crippen LogP contribution is 2.20. The molecular formula is C19H24N2O5S. The summed E-state index contributed by atoms with van der Waals surface area (Å²) < 4.78 is 32.5. The fraction of sp³-hybridized carbons (Fsp3) is 0.316. The summed E-state index contributed by atoms with van der Waals surface area (Å²) in [6.45, 7) is 0.466. The summed E-state index contributed by atoms with van der Waals surface area (Å²) in [4.78, 5) is 11.4. The minimum absolute atomic E-state index is 0.0382. The molecule has 1 amide bonds. The van der Waals surface area contributed by atoms with E-state index in [4.69, 9.17) is 9.94 Å². The maximum absolute atomic E-state index is 13.0. The maximum Gasteiger partial charge on any atom is 0.243 e. The molecule has 7 nitrogen and oxygen atoms in total. The molecule has 0 spiro atoms. The second-order valence-electron chi connectivity index (χ2n) is 5.95. The number of rotatable bonds is 10. The molecule has 0 aliphatic rings. The van der Waals surface area contributed by atoms with Crippen molar-refractivity contribution >= 4 is 15.9 Å². The van der Waals surface area contributed by atoms with Gasteiger partial charge in [0, 0.05) is 19.5 Å². The zero-order chi connectivity index (χ0) is 19.7. The number of benzene rings is 2. The number of methoxy groups -OCH3 is 1. The van der Waals surface area contributed by atoms with Gasteiger partial charge in [0.15, 0.2) is 0 Å². The van der Waals surface area contributed by atoms with Crippen molar-refractivity contribution in [2.45, 2.75) is 24.2 Å². The van der Waals surface area contributed by atoms with Gasteiger partial charge in [-0.15, -0.1) is 0 Å². The molecule has 0 aliphatic carbocycles. The van der Waals surface area contributed by atoms with E-state index in [2.05, 4.69) is 0 Å². The van der Waals surface area contributed by atoms with Gasteiger partial charge >= 0.3 is 0 Å². The van der Waals surface area contributed by atoms with E-state index >= 15 is 0 Å². The Morgan fingerprint density at radius 3 is 2.33 bits per heavy atom. The summed E-state index contributed by atoms with van der Waals surface area (Å²) in [5, 5.41) is 8.60. The van der Waals surface area contributed by atoms with Crippen LogP contribution in [0.2, 0.25) is 0 Å². The number of sulfonamides is 1. The van der Waals surface area contributed by atoms with Gasteiger partial charge in [-0.25, -0.2) is 13.9 Å². The van der Waals surface area contributed by atoms with Crippen LogP contribution in [0.5, 0.6) is 5.75 Å². The van der Waals surface area contributed by atoms with Crippen LogP contribution in [0.15, 0.2) is 59.5 Å². The highest BCUT2D eigenvalue weighted by molar-refractivity contribution is 7.89. The normalized spacial score (nSPS) is 11.4. The topological polar surface area (TPSA) is 95.9 Å². The van der Waals surface area contributed by atoms with Crippen LogP contribution in [0.3, 0.4) is 0 Å². The number of nitrogens with zero attached hydrogens (tertiary/aromatic N) is 1. The summed E-state index contributed by atoms with van der Waals surface area (Å²) in [7, 11) is -2.20. The van der Waals surface area contributed by atoms with Crippen molar-refractivity contribution in [3.8, 4) is 5.75 Å². The van der Waals surface area contributed by atoms with Gasteiger partial charge in [-0.2, -0.15) is 4.31 Å². The van der Waals surface area contributed by atoms with E-state index < -0.39 is 15.9 Å². The molecule has 2 N–H and O–H groups in total. The lowest BCUT2D eigenvalue weighted by Gasteiger charge is -2.22. The molecule has 2 aromatic carbocycles. The Kier molecular flexibility index (Phi) is 7.78. The van der Waals surface area contributed by atoms with E-state index in [1.54, 1.807) is 17.6 Å². The van der Waals surface area contributed by atoms with E-state index in [1.165, 1.54) is 23.5 Å². The fourth-order valence-electron chi connectivity index (χ4n) is 2.62. The van der Waals surface area contributed by atoms with E-state index in [0.29, 0.717) is 25.1 Å². The van der Waals surface area contributed by atoms with E-state index in [0.717, 1.165) is 5.56 Å². The number of carbonyl (C=O) groups is 1. The van der Waals surface area contributed by atoms with Gasteiger partial charge in [-0.1, -0.05) is 30.3 Å². The third-order valence-corrected chi connectivity index (χ3v) is 6.04. The number of carbonyl (C=O) groups excluding carboxylic acids is 1. The summed E-state index contributed by atoms with van der Waals surface area (Å²) in [6, 6.07) is 15.8. The Bertz CT molecular complexity index is 823. The van der Waals surface area contributed by atoms with Gasteiger partial charge in [0.1, 0.15) is 5.75 Å². The summed E-state index contributed by atoms with van der Waals surface area (Å²) in [5.74, 6) is 0.0317. The molecule has 2 aromatic rings. The zero-order valence-electron chi connectivity index (χ0n) is 15.2. The van der Waals surface area contributed by atoms with E-state index in [1.807, 2.05) is 30.3 Å². The van der Waals surface area contributed by atoms with Crippen LogP contribution in [0.1, 0.15) is 18.4 Å². The molecule has 0 aliphatic heterocycles. The Hall–Kier alpha value is -2.42. The molecule has 0 fully saturated rings. The van der Waals surface area contributed by atoms with Crippen molar-refractivity contribution < 1.29 is 23.2 Å². The van der Waals surface area contributed by atoms with Crippen LogP contribution in [0.4, 0.5) is 0 Å². The van der Waals surface area contributed by atoms with Crippen LogP contribution in [0, 0.1) is 0 Å². The number of amides is 1. The monoisotopic (exact) mass is 392 g/mol. The quantitative estimate of drug-likeness (QED) is 0.477. The second kappa shape index (κ2) is 10.1. The van der Waals surface area contributed by atoms with Crippen molar-refractivity contribution in [1.29, 1.82) is 0 Å². The molecule has 0 heterocycles. The van der Waals surface area contributed by atoms with Gasteiger partial charge in [-0.05, 0) is 42.7 Å². The molecule has 0 bridgehead atoms. The van der Waals surface area contributed by atoms with Crippen LogP contribution >= 0.6 is 0 Å².